The molecule has 0 unspecified atom stereocenters. The Morgan fingerprint density at radius 3 is 2.43 bits per heavy atom. The van der Waals surface area contributed by atoms with Crippen LogP contribution in [0.4, 0.5) is 0 Å². The third-order valence-corrected chi connectivity index (χ3v) is 4.23. The molecule has 0 aliphatic carbocycles. The van der Waals surface area contributed by atoms with Crippen LogP contribution in [0.2, 0.25) is 0 Å². The lowest BCUT2D eigenvalue weighted by atomic mass is 10.1. The van der Waals surface area contributed by atoms with Crippen LogP contribution in [0.25, 0.3) is 6.08 Å². The van der Waals surface area contributed by atoms with Crippen LogP contribution in [0.15, 0.2) is 65.6 Å². The first kappa shape index (κ1) is 15.6. The molecule has 0 amide bonds. The molecule has 2 rings (SSSR count). The first-order valence-corrected chi connectivity index (χ1v) is 8.28. The van der Waals surface area contributed by atoms with Crippen molar-refractivity contribution in [1.29, 1.82) is 0 Å². The summed E-state index contributed by atoms with van der Waals surface area (Å²) in [5.41, 5.74) is 1.78. The molecular formula is C19H20OS. The summed E-state index contributed by atoms with van der Waals surface area (Å²) in [6.45, 7) is 2.20. The maximum absolute atomic E-state index is 12.1. The van der Waals surface area contributed by atoms with E-state index >= 15 is 0 Å². The highest BCUT2D eigenvalue weighted by Gasteiger charge is 2.02. The maximum atomic E-state index is 12.1. The van der Waals surface area contributed by atoms with Gasteiger partial charge in [0.25, 0.3) is 0 Å². The molecule has 0 radical (unpaired) electrons. The number of ketones is 1. The van der Waals surface area contributed by atoms with E-state index in [1.54, 1.807) is 6.08 Å². The number of hydrogen-bond acceptors (Lipinski definition) is 2. The molecule has 0 saturated heterocycles. The molecule has 21 heavy (non-hydrogen) atoms. The Bertz CT molecular complexity index is 585. The highest BCUT2D eigenvalue weighted by Crippen LogP contribution is 2.20. The average Bonchev–Trinajstić information content (AvgIpc) is 2.54. The Morgan fingerprint density at radius 1 is 1.05 bits per heavy atom. The van der Waals surface area contributed by atoms with E-state index in [0.717, 1.165) is 16.9 Å². The van der Waals surface area contributed by atoms with E-state index in [2.05, 4.69) is 6.92 Å². The first-order valence-electron chi connectivity index (χ1n) is 7.30. The number of hydrogen-bond donors (Lipinski definition) is 0. The monoisotopic (exact) mass is 296 g/mol. The molecule has 2 aromatic rings. The second kappa shape index (κ2) is 8.48. The zero-order valence-electron chi connectivity index (χ0n) is 12.3. The van der Waals surface area contributed by atoms with E-state index in [9.17, 15) is 4.79 Å². The molecule has 0 spiro atoms. The molecule has 0 fully saturated rings. The van der Waals surface area contributed by atoms with Gasteiger partial charge in [-0.2, -0.15) is 0 Å². The SMILES string of the molecule is CCCCSc1ccc(C(=O)C=Cc2ccccc2)cc1. The maximum Gasteiger partial charge on any atom is 0.185 e. The number of carbonyl (C=O) groups excluding carboxylic acids is 1. The van der Waals surface area contributed by atoms with Crippen LogP contribution < -0.4 is 0 Å². The Kier molecular flexibility index (Phi) is 6.29. The summed E-state index contributed by atoms with van der Waals surface area (Å²) < 4.78 is 0. The van der Waals surface area contributed by atoms with Crippen molar-refractivity contribution < 1.29 is 4.79 Å². The standard InChI is InChI=1S/C19H20OS/c1-2-3-15-21-18-12-10-17(11-13-18)19(20)14-9-16-7-5-4-6-8-16/h4-14H,2-3,15H2,1H3. The predicted molar refractivity (Wildman–Crippen MR) is 91.9 cm³/mol. The van der Waals surface area contributed by atoms with Crippen molar-refractivity contribution in [2.24, 2.45) is 0 Å². The van der Waals surface area contributed by atoms with Gasteiger partial charge in [0.05, 0.1) is 0 Å². The van der Waals surface area contributed by atoms with Crippen LogP contribution in [0, 0.1) is 0 Å². The summed E-state index contributed by atoms with van der Waals surface area (Å²) >= 11 is 1.85. The summed E-state index contributed by atoms with van der Waals surface area (Å²) in [6.07, 6.45) is 5.93. The van der Waals surface area contributed by atoms with Gasteiger partial charge >= 0.3 is 0 Å². The number of benzene rings is 2. The number of unbranched alkanes of at least 4 members (excludes halogenated alkanes) is 1. The molecule has 0 atom stereocenters. The summed E-state index contributed by atoms with van der Waals surface area (Å²) in [5.74, 6) is 1.18. The molecular weight excluding hydrogens is 276 g/mol. The van der Waals surface area contributed by atoms with Crippen LogP contribution >= 0.6 is 11.8 Å². The van der Waals surface area contributed by atoms with E-state index in [-0.39, 0.29) is 5.78 Å². The summed E-state index contributed by atoms with van der Waals surface area (Å²) in [6, 6.07) is 17.7. The molecule has 0 bridgehead atoms. The zero-order chi connectivity index (χ0) is 14.9. The van der Waals surface area contributed by atoms with Gasteiger partial charge in [0, 0.05) is 10.5 Å². The van der Waals surface area contributed by atoms with Crippen LogP contribution in [0.1, 0.15) is 35.7 Å². The summed E-state index contributed by atoms with van der Waals surface area (Å²) in [5, 5.41) is 0. The van der Waals surface area contributed by atoms with Gasteiger partial charge in [-0.3, -0.25) is 4.79 Å². The number of carbonyl (C=O) groups is 1. The van der Waals surface area contributed by atoms with Crippen molar-refractivity contribution in [3.63, 3.8) is 0 Å². The smallest absolute Gasteiger partial charge is 0.185 e. The highest BCUT2D eigenvalue weighted by atomic mass is 32.2. The molecule has 1 nitrogen and oxygen atoms in total. The second-order valence-corrected chi connectivity index (χ2v) is 6.00. The van der Waals surface area contributed by atoms with Crippen LogP contribution in [0.5, 0.6) is 0 Å². The van der Waals surface area contributed by atoms with Gasteiger partial charge in [-0.05, 0) is 48.1 Å². The Labute approximate surface area is 131 Å². The molecule has 0 heterocycles. The molecule has 0 saturated carbocycles. The zero-order valence-corrected chi connectivity index (χ0v) is 13.1. The Hall–Kier alpha value is -1.80. The fourth-order valence-electron chi connectivity index (χ4n) is 1.88. The van der Waals surface area contributed by atoms with E-state index in [0.29, 0.717) is 0 Å². The molecule has 0 aliphatic rings. The molecule has 108 valence electrons. The van der Waals surface area contributed by atoms with Gasteiger partial charge in [0.1, 0.15) is 0 Å². The average molecular weight is 296 g/mol. The van der Waals surface area contributed by atoms with Gasteiger partial charge in [-0.1, -0.05) is 49.8 Å². The van der Waals surface area contributed by atoms with Gasteiger partial charge in [-0.25, -0.2) is 0 Å². The minimum absolute atomic E-state index is 0.0453. The fraction of sp³-hybridized carbons (Fsp3) is 0.211. The first-order chi connectivity index (χ1) is 10.3. The van der Waals surface area contributed by atoms with Crippen LogP contribution in [0.3, 0.4) is 0 Å². The second-order valence-electron chi connectivity index (χ2n) is 4.83. The summed E-state index contributed by atoms with van der Waals surface area (Å²) in [4.78, 5) is 13.3. The number of rotatable bonds is 7. The van der Waals surface area contributed by atoms with Crippen LogP contribution in [-0.4, -0.2) is 11.5 Å². The quantitative estimate of drug-likeness (QED) is 0.291. The van der Waals surface area contributed by atoms with Gasteiger partial charge < -0.3 is 0 Å². The third-order valence-electron chi connectivity index (χ3n) is 3.13. The van der Waals surface area contributed by atoms with Crippen molar-refractivity contribution in [3.05, 3.63) is 71.8 Å². The van der Waals surface area contributed by atoms with E-state index in [1.165, 1.54) is 17.7 Å². The number of allylic oxidation sites excluding steroid dienone is 1. The minimum Gasteiger partial charge on any atom is -0.289 e. The lowest BCUT2D eigenvalue weighted by molar-refractivity contribution is 0.104. The normalized spacial score (nSPS) is 10.9. The summed E-state index contributed by atoms with van der Waals surface area (Å²) in [7, 11) is 0. The Balaban J connectivity index is 1.95. The van der Waals surface area contributed by atoms with Crippen molar-refractivity contribution in [2.75, 3.05) is 5.75 Å². The highest BCUT2D eigenvalue weighted by molar-refractivity contribution is 7.99. The predicted octanol–water partition coefficient (Wildman–Crippen LogP) is 5.47. The fourth-order valence-corrected chi connectivity index (χ4v) is 2.88. The van der Waals surface area contributed by atoms with Crippen molar-refractivity contribution in [2.45, 2.75) is 24.7 Å². The van der Waals surface area contributed by atoms with E-state index in [1.807, 2.05) is 72.4 Å². The van der Waals surface area contributed by atoms with E-state index in [4.69, 9.17) is 0 Å². The molecule has 0 aromatic heterocycles. The van der Waals surface area contributed by atoms with Gasteiger partial charge in [0.2, 0.25) is 0 Å². The largest absolute Gasteiger partial charge is 0.289 e. The van der Waals surface area contributed by atoms with Gasteiger partial charge in [0.15, 0.2) is 5.78 Å². The lowest BCUT2D eigenvalue weighted by Crippen LogP contribution is -1.93. The molecule has 2 heteroatoms. The van der Waals surface area contributed by atoms with Crippen molar-refractivity contribution in [3.8, 4) is 0 Å². The van der Waals surface area contributed by atoms with Crippen molar-refractivity contribution in [1.82, 2.24) is 0 Å². The number of thioether (sulfide) groups is 1. The van der Waals surface area contributed by atoms with Crippen LogP contribution in [-0.2, 0) is 0 Å². The Morgan fingerprint density at radius 2 is 1.76 bits per heavy atom. The molecule has 0 N–H and O–H groups in total. The minimum atomic E-state index is 0.0453. The third kappa shape index (κ3) is 5.24. The topological polar surface area (TPSA) is 17.1 Å². The van der Waals surface area contributed by atoms with E-state index < -0.39 is 0 Å². The van der Waals surface area contributed by atoms with Gasteiger partial charge in [-0.15, -0.1) is 11.8 Å². The molecule has 2 aromatic carbocycles. The lowest BCUT2D eigenvalue weighted by Gasteiger charge is -2.01. The molecule has 0 aliphatic heterocycles. The van der Waals surface area contributed by atoms with Crippen molar-refractivity contribution >= 4 is 23.6 Å².